The number of nitrogens with zero attached hydrogens (tertiary/aromatic N) is 1. The molecule has 2 aliphatic carbocycles. The largest absolute Gasteiger partial charge is 0.463 e. The molecule has 3 aliphatic rings. The maximum Gasteiger partial charge on any atom is 0.269 e. The summed E-state index contributed by atoms with van der Waals surface area (Å²) in [5.74, 6) is 1.68. The zero-order valence-electron chi connectivity index (χ0n) is 20.6. The van der Waals surface area contributed by atoms with Gasteiger partial charge in [-0.1, -0.05) is 42.4 Å². The number of rotatable bonds is 3. The van der Waals surface area contributed by atoms with Crippen LogP contribution >= 0.6 is 0 Å². The summed E-state index contributed by atoms with van der Waals surface area (Å²) in [5.41, 5.74) is 4.73. The third kappa shape index (κ3) is 3.01. The Morgan fingerprint density at radius 2 is 1.71 bits per heavy atom. The summed E-state index contributed by atoms with van der Waals surface area (Å²) in [4.78, 5) is 23.6. The van der Waals surface area contributed by atoms with Crippen LogP contribution in [0.15, 0.2) is 56.8 Å². The van der Waals surface area contributed by atoms with Gasteiger partial charge in [0, 0.05) is 40.0 Å². The van der Waals surface area contributed by atoms with Crippen LogP contribution < -0.4 is 5.43 Å². The number of allylic oxidation sites excluding steroid dienone is 4. The van der Waals surface area contributed by atoms with Crippen LogP contribution in [0.4, 0.5) is 5.69 Å². The Hall–Kier alpha value is -2.99. The van der Waals surface area contributed by atoms with E-state index in [1.54, 1.807) is 19.1 Å². The highest BCUT2D eigenvalue weighted by molar-refractivity contribution is 5.48. The average molecular weight is 462 g/mol. The van der Waals surface area contributed by atoms with E-state index in [0.717, 1.165) is 12.0 Å². The van der Waals surface area contributed by atoms with E-state index in [9.17, 15) is 14.9 Å². The molecule has 2 fully saturated rings. The molecule has 0 unspecified atom stereocenters. The number of hydrogen-bond acceptors (Lipinski definition) is 5. The summed E-state index contributed by atoms with van der Waals surface area (Å²) >= 11 is 0. The maximum absolute atomic E-state index is 12.8. The first-order chi connectivity index (χ1) is 16.0. The zero-order chi connectivity index (χ0) is 24.6. The van der Waals surface area contributed by atoms with Gasteiger partial charge in [-0.15, -0.1) is 0 Å². The minimum Gasteiger partial charge on any atom is -0.463 e. The first-order valence-electron chi connectivity index (χ1n) is 11.8. The molecule has 34 heavy (non-hydrogen) atoms. The Morgan fingerprint density at radius 1 is 1.03 bits per heavy atom. The van der Waals surface area contributed by atoms with Gasteiger partial charge in [-0.3, -0.25) is 14.9 Å². The molecule has 0 bridgehead atoms. The minimum atomic E-state index is -0.360. The molecular formula is C28H31NO5. The molecule has 5 rings (SSSR count). The Labute approximate surface area is 199 Å². The van der Waals surface area contributed by atoms with E-state index in [0.29, 0.717) is 29.3 Å². The molecule has 2 heterocycles. The lowest BCUT2D eigenvalue weighted by Gasteiger charge is -2.67. The van der Waals surface area contributed by atoms with Gasteiger partial charge in [-0.2, -0.15) is 0 Å². The van der Waals surface area contributed by atoms with Crippen molar-refractivity contribution < 1.29 is 14.1 Å². The highest BCUT2D eigenvalue weighted by atomic mass is 16.6. The summed E-state index contributed by atoms with van der Waals surface area (Å²) in [7, 11) is 0. The van der Waals surface area contributed by atoms with Gasteiger partial charge in [-0.25, -0.2) is 0 Å². The van der Waals surface area contributed by atoms with Gasteiger partial charge >= 0.3 is 0 Å². The molecule has 178 valence electrons. The van der Waals surface area contributed by atoms with Crippen molar-refractivity contribution in [2.75, 3.05) is 6.61 Å². The smallest absolute Gasteiger partial charge is 0.269 e. The fraction of sp³-hybridized carbons (Fsp3) is 0.464. The van der Waals surface area contributed by atoms with Gasteiger partial charge in [0.2, 0.25) is 0 Å². The normalized spacial score (nSPS) is 32.1. The van der Waals surface area contributed by atoms with E-state index < -0.39 is 0 Å². The van der Waals surface area contributed by atoms with Crippen LogP contribution in [-0.4, -0.2) is 11.5 Å². The molecular weight excluding hydrogens is 430 g/mol. The number of ether oxygens (including phenoxy) is 1. The maximum atomic E-state index is 12.8. The Morgan fingerprint density at radius 3 is 2.35 bits per heavy atom. The molecule has 1 aromatic heterocycles. The van der Waals surface area contributed by atoms with Crippen LogP contribution in [0.1, 0.15) is 67.4 Å². The Bertz CT molecular complexity index is 1320. The van der Waals surface area contributed by atoms with Crippen molar-refractivity contribution >= 4 is 5.69 Å². The number of aryl methyl sites for hydroxylation is 1. The van der Waals surface area contributed by atoms with Crippen LogP contribution in [0.5, 0.6) is 0 Å². The second-order valence-corrected chi connectivity index (χ2v) is 10.7. The third-order valence-electron chi connectivity index (χ3n) is 8.53. The summed E-state index contributed by atoms with van der Waals surface area (Å²) in [5, 5.41) is 11.2. The molecule has 5 atom stereocenters. The molecule has 1 aromatic carbocycles. The Balaban J connectivity index is 1.60. The minimum absolute atomic E-state index is 0.0148. The SMILES string of the molecule is CC1=C[C@@]2(C)[C@@H](C(C)=C1)[C@]1(CO[C@@H](c3oc(C)c(C)c(=O)c3C)C1)[C@H]2c1ccc([N+](=O)[O-])cc1. The van der Waals surface area contributed by atoms with Gasteiger partial charge < -0.3 is 9.15 Å². The van der Waals surface area contributed by atoms with Crippen molar-refractivity contribution in [3.63, 3.8) is 0 Å². The van der Waals surface area contributed by atoms with Crippen molar-refractivity contribution in [2.24, 2.45) is 16.7 Å². The second kappa shape index (κ2) is 7.51. The highest BCUT2D eigenvalue weighted by Gasteiger charge is 2.71. The lowest BCUT2D eigenvalue weighted by molar-refractivity contribution is -0.384. The molecule has 1 spiro atoms. The molecule has 1 saturated carbocycles. The predicted octanol–water partition coefficient (Wildman–Crippen LogP) is 6.25. The van der Waals surface area contributed by atoms with E-state index in [2.05, 4.69) is 32.9 Å². The van der Waals surface area contributed by atoms with Gasteiger partial charge in [-0.05, 0) is 52.5 Å². The number of benzene rings is 1. The van der Waals surface area contributed by atoms with Crippen LogP contribution in [0.3, 0.4) is 0 Å². The molecule has 0 radical (unpaired) electrons. The fourth-order valence-electron chi connectivity index (χ4n) is 7.51. The van der Waals surface area contributed by atoms with Crippen LogP contribution in [0.2, 0.25) is 0 Å². The first-order valence-corrected chi connectivity index (χ1v) is 11.8. The van der Waals surface area contributed by atoms with Gasteiger partial charge in [0.15, 0.2) is 5.43 Å². The van der Waals surface area contributed by atoms with Crippen molar-refractivity contribution in [2.45, 2.75) is 60.0 Å². The second-order valence-electron chi connectivity index (χ2n) is 10.7. The quantitative estimate of drug-likeness (QED) is 0.399. The molecule has 6 heteroatoms. The van der Waals surface area contributed by atoms with Gasteiger partial charge in [0.1, 0.15) is 17.6 Å². The van der Waals surface area contributed by atoms with Gasteiger partial charge in [0.05, 0.1) is 11.5 Å². The fourth-order valence-corrected chi connectivity index (χ4v) is 7.51. The zero-order valence-corrected chi connectivity index (χ0v) is 20.6. The third-order valence-corrected chi connectivity index (χ3v) is 8.53. The van der Waals surface area contributed by atoms with Crippen molar-refractivity contribution in [3.05, 3.63) is 96.1 Å². The average Bonchev–Trinajstić information content (AvgIpc) is 3.20. The predicted molar refractivity (Wildman–Crippen MR) is 130 cm³/mol. The lowest BCUT2D eigenvalue weighted by atomic mass is 9.35. The standard InChI is InChI=1S/C28H31NO5/c1-15-11-16(2)25-27(6,12-15)26(20-7-9-21(10-8-20)29(31)32)28(25)13-22(33-14-28)24-18(4)23(30)17(3)19(5)34-24/h7-12,22,25-26H,13-14H2,1-6H3/t22-,25-,26+,27+,28+/m1/s1. The topological polar surface area (TPSA) is 82.6 Å². The van der Waals surface area contributed by atoms with Crippen molar-refractivity contribution in [1.82, 2.24) is 0 Å². The van der Waals surface area contributed by atoms with Gasteiger partial charge in [0.25, 0.3) is 5.69 Å². The number of non-ortho nitro benzene ring substituents is 1. The van der Waals surface area contributed by atoms with Crippen molar-refractivity contribution in [1.29, 1.82) is 0 Å². The number of nitro groups is 1. The molecule has 0 N–H and O–H groups in total. The van der Waals surface area contributed by atoms with Crippen molar-refractivity contribution in [3.8, 4) is 0 Å². The molecule has 0 amide bonds. The summed E-state index contributed by atoms with van der Waals surface area (Å²) < 4.78 is 12.5. The van der Waals surface area contributed by atoms with Crippen LogP contribution in [0, 0.1) is 47.6 Å². The van der Waals surface area contributed by atoms with E-state index in [1.165, 1.54) is 11.1 Å². The monoisotopic (exact) mass is 461 g/mol. The highest BCUT2D eigenvalue weighted by Crippen LogP contribution is 2.76. The Kier molecular flexibility index (Phi) is 5.03. The van der Waals surface area contributed by atoms with E-state index in [4.69, 9.17) is 9.15 Å². The van der Waals surface area contributed by atoms with E-state index in [-0.39, 0.29) is 44.8 Å². The number of fused-ring (bicyclic) bond motifs is 2. The molecule has 2 aromatic rings. The molecule has 1 saturated heterocycles. The van der Waals surface area contributed by atoms with E-state index in [1.807, 2.05) is 26.0 Å². The van der Waals surface area contributed by atoms with E-state index >= 15 is 0 Å². The lowest BCUT2D eigenvalue weighted by Crippen LogP contribution is -2.62. The molecule has 1 aliphatic heterocycles. The summed E-state index contributed by atoms with van der Waals surface area (Å²) in [6, 6.07) is 7.00. The number of hydrogen-bond donors (Lipinski definition) is 0. The first kappa shape index (κ1) is 22.8. The van der Waals surface area contributed by atoms with Crippen LogP contribution in [0.25, 0.3) is 0 Å². The number of nitro benzene ring substituents is 1. The summed E-state index contributed by atoms with van der Waals surface area (Å²) in [6.45, 7) is 12.6. The summed E-state index contributed by atoms with van der Waals surface area (Å²) in [6.07, 6.45) is 5.06. The molecule has 6 nitrogen and oxygen atoms in total. The van der Waals surface area contributed by atoms with Crippen LogP contribution in [-0.2, 0) is 4.74 Å².